The third kappa shape index (κ3) is 6.47. The van der Waals surface area contributed by atoms with Gasteiger partial charge in [-0.05, 0) is 12.8 Å². The molecule has 128 valence electrons. The molecule has 0 aromatic rings. The van der Waals surface area contributed by atoms with Crippen molar-refractivity contribution < 1.29 is 17.9 Å². The van der Waals surface area contributed by atoms with Gasteiger partial charge in [0.05, 0.1) is 19.5 Å². The minimum Gasteiger partial charge on any atom is -0.379 e. The highest BCUT2D eigenvalue weighted by atomic mass is 32.2. The molecule has 1 saturated carbocycles. The number of ether oxygens (including phenoxy) is 1. The van der Waals surface area contributed by atoms with E-state index in [2.05, 4.69) is 15.5 Å². The maximum atomic E-state index is 11.8. The number of rotatable bonds is 8. The van der Waals surface area contributed by atoms with Crippen LogP contribution in [-0.2, 0) is 14.8 Å². The van der Waals surface area contributed by atoms with E-state index in [9.17, 15) is 13.2 Å². The molecule has 2 amide bonds. The molecule has 1 saturated heterocycles. The van der Waals surface area contributed by atoms with Crippen molar-refractivity contribution in [3.63, 3.8) is 0 Å². The predicted molar refractivity (Wildman–Crippen MR) is 83.2 cm³/mol. The van der Waals surface area contributed by atoms with Gasteiger partial charge in [-0.15, -0.1) is 0 Å². The Morgan fingerprint density at radius 3 is 2.55 bits per heavy atom. The number of hydrogen-bond acceptors (Lipinski definition) is 5. The maximum absolute atomic E-state index is 11.8. The summed E-state index contributed by atoms with van der Waals surface area (Å²) in [7, 11) is -3.27. The summed E-state index contributed by atoms with van der Waals surface area (Å²) < 4.78 is 30.3. The molecule has 0 radical (unpaired) electrons. The summed E-state index contributed by atoms with van der Waals surface area (Å²) in [6.45, 7) is 4.79. The van der Waals surface area contributed by atoms with Gasteiger partial charge in [0.2, 0.25) is 10.0 Å². The number of urea groups is 1. The standard InChI is InChI=1S/C13H26N4O4S/c1-22(19,20)17(7-6-16-8-10-21-11-9-16)5-4-14-13(18)15-12-2-3-12/h12H,2-11H2,1H3,(H2,14,15,18). The summed E-state index contributed by atoms with van der Waals surface area (Å²) >= 11 is 0. The SMILES string of the molecule is CS(=O)(=O)N(CCNC(=O)NC1CC1)CCN1CCOCC1. The summed E-state index contributed by atoms with van der Waals surface area (Å²) in [5.74, 6) is 0. The average molecular weight is 334 g/mol. The number of carbonyl (C=O) groups is 1. The Kier molecular flexibility index (Phi) is 6.42. The number of nitrogens with zero attached hydrogens (tertiary/aromatic N) is 2. The molecular weight excluding hydrogens is 308 g/mol. The molecule has 1 heterocycles. The Hall–Kier alpha value is -0.900. The van der Waals surface area contributed by atoms with Gasteiger partial charge in [0.25, 0.3) is 0 Å². The smallest absolute Gasteiger partial charge is 0.315 e. The van der Waals surface area contributed by atoms with Gasteiger partial charge < -0.3 is 15.4 Å². The lowest BCUT2D eigenvalue weighted by molar-refractivity contribution is 0.0363. The predicted octanol–water partition coefficient (Wildman–Crippen LogP) is -0.958. The Morgan fingerprint density at radius 2 is 1.95 bits per heavy atom. The van der Waals surface area contributed by atoms with Crippen LogP contribution in [0.2, 0.25) is 0 Å². The minimum absolute atomic E-state index is 0.218. The summed E-state index contributed by atoms with van der Waals surface area (Å²) in [5.41, 5.74) is 0. The van der Waals surface area contributed by atoms with Gasteiger partial charge in [0.15, 0.2) is 0 Å². The van der Waals surface area contributed by atoms with Crippen LogP contribution >= 0.6 is 0 Å². The largest absolute Gasteiger partial charge is 0.379 e. The molecule has 9 heteroatoms. The van der Waals surface area contributed by atoms with Gasteiger partial charge >= 0.3 is 6.03 Å². The van der Waals surface area contributed by atoms with Crippen molar-refractivity contribution in [1.29, 1.82) is 0 Å². The van der Waals surface area contributed by atoms with Gasteiger partial charge in [0.1, 0.15) is 0 Å². The number of hydrogen-bond donors (Lipinski definition) is 2. The van der Waals surface area contributed by atoms with Crippen molar-refractivity contribution in [2.45, 2.75) is 18.9 Å². The van der Waals surface area contributed by atoms with Crippen LogP contribution < -0.4 is 10.6 Å². The second-order valence-electron chi connectivity index (χ2n) is 5.79. The molecule has 2 rings (SSSR count). The number of sulfonamides is 1. The molecule has 22 heavy (non-hydrogen) atoms. The van der Waals surface area contributed by atoms with Crippen LogP contribution in [0.1, 0.15) is 12.8 Å². The van der Waals surface area contributed by atoms with Crippen LogP contribution in [0.3, 0.4) is 0 Å². The summed E-state index contributed by atoms with van der Waals surface area (Å²) in [5, 5.41) is 5.51. The minimum atomic E-state index is -3.27. The number of nitrogens with one attached hydrogen (secondary N) is 2. The lowest BCUT2D eigenvalue weighted by Gasteiger charge is -2.29. The second-order valence-corrected chi connectivity index (χ2v) is 7.77. The van der Waals surface area contributed by atoms with Gasteiger partial charge in [0, 0.05) is 45.3 Å². The van der Waals surface area contributed by atoms with E-state index in [0.29, 0.717) is 45.4 Å². The highest BCUT2D eigenvalue weighted by Gasteiger charge is 2.23. The molecule has 0 spiro atoms. The summed E-state index contributed by atoms with van der Waals surface area (Å²) in [6, 6.07) is 0.0801. The van der Waals surface area contributed by atoms with Crippen LogP contribution in [-0.4, -0.2) is 88.4 Å². The van der Waals surface area contributed by atoms with Gasteiger partial charge in [-0.2, -0.15) is 4.31 Å². The molecule has 0 aromatic heterocycles. The van der Waals surface area contributed by atoms with Crippen LogP contribution in [0, 0.1) is 0 Å². The lowest BCUT2D eigenvalue weighted by Crippen LogP contribution is -2.46. The van der Waals surface area contributed by atoms with Crippen molar-refractivity contribution >= 4 is 16.1 Å². The monoisotopic (exact) mass is 334 g/mol. The highest BCUT2D eigenvalue weighted by molar-refractivity contribution is 7.88. The molecule has 2 aliphatic rings. The van der Waals surface area contributed by atoms with Crippen molar-refractivity contribution in [1.82, 2.24) is 19.8 Å². The Bertz CT molecular complexity index is 461. The molecule has 2 fully saturated rings. The Balaban J connectivity index is 1.69. The van der Waals surface area contributed by atoms with E-state index in [-0.39, 0.29) is 6.03 Å². The zero-order valence-corrected chi connectivity index (χ0v) is 13.9. The fourth-order valence-electron chi connectivity index (χ4n) is 2.28. The zero-order chi connectivity index (χ0) is 16.0. The quantitative estimate of drug-likeness (QED) is 0.597. The molecule has 1 aliphatic carbocycles. The van der Waals surface area contributed by atoms with Gasteiger partial charge in [-0.25, -0.2) is 13.2 Å². The van der Waals surface area contributed by atoms with Crippen LogP contribution in [0.5, 0.6) is 0 Å². The van der Waals surface area contributed by atoms with E-state index in [4.69, 9.17) is 4.74 Å². The molecule has 0 aromatic carbocycles. The van der Waals surface area contributed by atoms with Crippen molar-refractivity contribution in [2.24, 2.45) is 0 Å². The Morgan fingerprint density at radius 1 is 1.27 bits per heavy atom. The van der Waals surface area contributed by atoms with Crippen molar-refractivity contribution in [3.05, 3.63) is 0 Å². The van der Waals surface area contributed by atoms with E-state index < -0.39 is 10.0 Å². The third-order valence-corrected chi connectivity index (χ3v) is 5.10. The first-order valence-electron chi connectivity index (χ1n) is 7.75. The molecule has 0 bridgehead atoms. The van der Waals surface area contributed by atoms with Gasteiger partial charge in [-0.3, -0.25) is 4.90 Å². The van der Waals surface area contributed by atoms with E-state index in [1.165, 1.54) is 10.6 Å². The molecule has 2 N–H and O–H groups in total. The maximum Gasteiger partial charge on any atom is 0.315 e. The number of amides is 2. The number of carbonyl (C=O) groups excluding carboxylic acids is 1. The van der Waals surface area contributed by atoms with Gasteiger partial charge in [-0.1, -0.05) is 0 Å². The summed E-state index contributed by atoms with van der Waals surface area (Å²) in [6.07, 6.45) is 3.27. The van der Waals surface area contributed by atoms with Crippen LogP contribution in [0.4, 0.5) is 4.79 Å². The fourth-order valence-corrected chi connectivity index (χ4v) is 3.12. The van der Waals surface area contributed by atoms with E-state index in [0.717, 1.165) is 25.9 Å². The topological polar surface area (TPSA) is 91.0 Å². The molecule has 0 atom stereocenters. The van der Waals surface area contributed by atoms with Crippen LogP contribution in [0.15, 0.2) is 0 Å². The first-order valence-corrected chi connectivity index (χ1v) is 9.59. The second kappa shape index (κ2) is 8.09. The molecule has 1 aliphatic heterocycles. The van der Waals surface area contributed by atoms with Crippen LogP contribution in [0.25, 0.3) is 0 Å². The zero-order valence-electron chi connectivity index (χ0n) is 13.1. The number of morpholine rings is 1. The van der Waals surface area contributed by atoms with E-state index in [1.807, 2.05) is 0 Å². The molecular formula is C13H26N4O4S. The first-order chi connectivity index (χ1) is 10.4. The normalized spacial score (nSPS) is 20.1. The Labute approximate surface area is 132 Å². The van der Waals surface area contributed by atoms with E-state index in [1.54, 1.807) is 0 Å². The molecule has 0 unspecified atom stereocenters. The highest BCUT2D eigenvalue weighted by Crippen LogP contribution is 2.18. The first kappa shape index (κ1) is 17.5. The fraction of sp³-hybridized carbons (Fsp3) is 0.923. The van der Waals surface area contributed by atoms with E-state index >= 15 is 0 Å². The third-order valence-electron chi connectivity index (χ3n) is 3.80. The molecule has 8 nitrogen and oxygen atoms in total. The average Bonchev–Trinajstić information content (AvgIpc) is 3.26. The van der Waals surface area contributed by atoms with Crippen molar-refractivity contribution in [3.8, 4) is 0 Å². The summed E-state index contributed by atoms with van der Waals surface area (Å²) in [4.78, 5) is 13.7. The van der Waals surface area contributed by atoms with Crippen molar-refractivity contribution in [2.75, 3.05) is 58.7 Å². The lowest BCUT2D eigenvalue weighted by atomic mass is 10.4.